The summed E-state index contributed by atoms with van der Waals surface area (Å²) in [6.07, 6.45) is 1.03. The molecule has 0 saturated heterocycles. The van der Waals surface area contributed by atoms with Crippen LogP contribution in [0.5, 0.6) is 0 Å². The lowest BCUT2D eigenvalue weighted by atomic mass is 10.2. The van der Waals surface area contributed by atoms with Crippen LogP contribution >= 0.6 is 0 Å². The van der Waals surface area contributed by atoms with Gasteiger partial charge in [-0.1, -0.05) is 0 Å². The van der Waals surface area contributed by atoms with Crippen molar-refractivity contribution in [1.29, 1.82) is 0 Å². The number of hydrogen-bond acceptors (Lipinski definition) is 5. The van der Waals surface area contributed by atoms with Gasteiger partial charge in [0, 0.05) is 31.1 Å². The Kier molecular flexibility index (Phi) is 4.47. The number of hydrogen-bond donors (Lipinski definition) is 1. The minimum atomic E-state index is -0.392. The van der Waals surface area contributed by atoms with Crippen molar-refractivity contribution >= 4 is 22.4 Å². The molecule has 0 spiro atoms. The monoisotopic (exact) mass is 274 g/mol. The summed E-state index contributed by atoms with van der Waals surface area (Å²) in [6, 6.07) is 8.50. The Hall–Kier alpha value is -2.21. The summed E-state index contributed by atoms with van der Waals surface area (Å²) in [5, 5.41) is 14.6. The highest BCUT2D eigenvalue weighted by molar-refractivity contribution is 5.82. The Labute approximate surface area is 117 Å². The second kappa shape index (κ2) is 6.29. The molecule has 2 rings (SSSR count). The quantitative estimate of drug-likeness (QED) is 0.496. The molecular weight excluding hydrogens is 256 g/mol. The first-order valence-corrected chi connectivity index (χ1v) is 6.53. The standard InChI is InChI=1S/C14H18N4O2/c1-15-8-3-9-17(2)14-7-4-11-10-12(18(19)20)5-6-13(11)16-14/h4-7,10,15H,3,8-9H2,1-2H3. The van der Waals surface area contributed by atoms with Crippen LogP contribution in [0.3, 0.4) is 0 Å². The molecule has 1 heterocycles. The van der Waals surface area contributed by atoms with Gasteiger partial charge in [-0.2, -0.15) is 0 Å². The lowest BCUT2D eigenvalue weighted by Crippen LogP contribution is -2.22. The Bertz CT molecular complexity index is 615. The molecule has 0 bridgehead atoms. The van der Waals surface area contributed by atoms with E-state index in [9.17, 15) is 10.1 Å². The zero-order valence-electron chi connectivity index (χ0n) is 11.7. The molecule has 0 aliphatic carbocycles. The van der Waals surface area contributed by atoms with E-state index in [4.69, 9.17) is 0 Å². The Balaban J connectivity index is 2.21. The van der Waals surface area contributed by atoms with Gasteiger partial charge in [-0.05, 0) is 38.2 Å². The number of benzene rings is 1. The SMILES string of the molecule is CNCCCN(C)c1ccc2cc([N+](=O)[O-])ccc2n1. The molecule has 0 aliphatic heterocycles. The van der Waals surface area contributed by atoms with Crippen LogP contribution in [0.4, 0.5) is 11.5 Å². The molecule has 0 aliphatic rings. The molecule has 6 nitrogen and oxygen atoms in total. The fourth-order valence-corrected chi connectivity index (χ4v) is 2.04. The van der Waals surface area contributed by atoms with Crippen molar-refractivity contribution in [3.8, 4) is 0 Å². The van der Waals surface area contributed by atoms with Gasteiger partial charge in [0.2, 0.25) is 0 Å². The lowest BCUT2D eigenvalue weighted by molar-refractivity contribution is -0.384. The summed E-state index contributed by atoms with van der Waals surface area (Å²) >= 11 is 0. The lowest BCUT2D eigenvalue weighted by Gasteiger charge is -2.18. The molecule has 2 aromatic rings. The molecule has 0 unspecified atom stereocenters. The third-order valence-electron chi connectivity index (χ3n) is 3.18. The maximum atomic E-state index is 10.7. The van der Waals surface area contributed by atoms with Crippen molar-refractivity contribution in [3.63, 3.8) is 0 Å². The molecule has 0 atom stereocenters. The number of anilines is 1. The summed E-state index contributed by atoms with van der Waals surface area (Å²) in [4.78, 5) is 17.0. The predicted octanol–water partition coefficient (Wildman–Crippen LogP) is 2.19. The molecule has 106 valence electrons. The normalized spacial score (nSPS) is 10.7. The topological polar surface area (TPSA) is 71.3 Å². The van der Waals surface area contributed by atoms with E-state index >= 15 is 0 Å². The summed E-state index contributed by atoms with van der Waals surface area (Å²) in [5.41, 5.74) is 0.864. The Morgan fingerprint density at radius 1 is 1.35 bits per heavy atom. The van der Waals surface area contributed by atoms with Crippen molar-refractivity contribution in [1.82, 2.24) is 10.3 Å². The second-order valence-corrected chi connectivity index (χ2v) is 4.68. The summed E-state index contributed by atoms with van der Waals surface area (Å²) in [7, 11) is 3.93. The van der Waals surface area contributed by atoms with E-state index in [-0.39, 0.29) is 5.69 Å². The van der Waals surface area contributed by atoms with Crippen molar-refractivity contribution in [2.75, 3.05) is 32.1 Å². The molecule has 0 radical (unpaired) electrons. The molecule has 6 heteroatoms. The average molecular weight is 274 g/mol. The van der Waals surface area contributed by atoms with Crippen LogP contribution in [0.1, 0.15) is 6.42 Å². The summed E-state index contributed by atoms with van der Waals surface area (Å²) in [5.74, 6) is 0.877. The zero-order chi connectivity index (χ0) is 14.5. The van der Waals surface area contributed by atoms with Crippen molar-refractivity contribution < 1.29 is 4.92 Å². The number of non-ortho nitro benzene ring substituents is 1. The zero-order valence-corrected chi connectivity index (χ0v) is 11.7. The number of nitro groups is 1. The van der Waals surface area contributed by atoms with E-state index in [2.05, 4.69) is 15.2 Å². The van der Waals surface area contributed by atoms with Crippen molar-refractivity contribution in [2.45, 2.75) is 6.42 Å². The van der Waals surface area contributed by atoms with Gasteiger partial charge >= 0.3 is 0 Å². The molecule has 1 N–H and O–H groups in total. The maximum Gasteiger partial charge on any atom is 0.270 e. The van der Waals surface area contributed by atoms with E-state index < -0.39 is 4.92 Å². The van der Waals surface area contributed by atoms with E-state index in [0.29, 0.717) is 0 Å². The molecule has 0 fully saturated rings. The van der Waals surface area contributed by atoms with Crippen molar-refractivity contribution in [2.24, 2.45) is 0 Å². The van der Waals surface area contributed by atoms with E-state index in [0.717, 1.165) is 36.2 Å². The Morgan fingerprint density at radius 3 is 2.85 bits per heavy atom. The summed E-state index contributed by atoms with van der Waals surface area (Å²) < 4.78 is 0. The van der Waals surface area contributed by atoms with E-state index in [1.54, 1.807) is 12.1 Å². The van der Waals surface area contributed by atoms with Crippen LogP contribution in [0.25, 0.3) is 10.9 Å². The van der Waals surface area contributed by atoms with Gasteiger partial charge in [-0.3, -0.25) is 10.1 Å². The minimum absolute atomic E-state index is 0.0921. The number of rotatable bonds is 6. The van der Waals surface area contributed by atoms with Crippen LogP contribution in [-0.2, 0) is 0 Å². The Morgan fingerprint density at radius 2 is 2.15 bits per heavy atom. The van der Waals surface area contributed by atoms with Crippen LogP contribution < -0.4 is 10.2 Å². The molecule has 1 aromatic heterocycles. The molecule has 0 amide bonds. The molecule has 1 aromatic carbocycles. The second-order valence-electron chi connectivity index (χ2n) is 4.68. The van der Waals surface area contributed by atoms with Gasteiger partial charge in [0.05, 0.1) is 10.4 Å². The number of nitro benzene ring substituents is 1. The van der Waals surface area contributed by atoms with Gasteiger partial charge in [-0.15, -0.1) is 0 Å². The highest BCUT2D eigenvalue weighted by Gasteiger charge is 2.08. The van der Waals surface area contributed by atoms with Gasteiger partial charge in [0.25, 0.3) is 5.69 Å². The average Bonchev–Trinajstić information content (AvgIpc) is 2.46. The molecular formula is C14H18N4O2. The first-order valence-electron chi connectivity index (χ1n) is 6.53. The number of nitrogens with zero attached hydrogens (tertiary/aromatic N) is 3. The molecule has 0 saturated carbocycles. The number of aromatic nitrogens is 1. The van der Waals surface area contributed by atoms with Gasteiger partial charge in [0.1, 0.15) is 5.82 Å². The van der Waals surface area contributed by atoms with Crippen LogP contribution in [0.2, 0.25) is 0 Å². The third kappa shape index (κ3) is 3.21. The van der Waals surface area contributed by atoms with Crippen molar-refractivity contribution in [3.05, 3.63) is 40.4 Å². The fourth-order valence-electron chi connectivity index (χ4n) is 2.04. The molecule has 20 heavy (non-hydrogen) atoms. The minimum Gasteiger partial charge on any atom is -0.360 e. The van der Waals surface area contributed by atoms with E-state index in [1.807, 2.05) is 26.2 Å². The highest BCUT2D eigenvalue weighted by atomic mass is 16.6. The predicted molar refractivity (Wildman–Crippen MR) is 80.2 cm³/mol. The van der Waals surface area contributed by atoms with Gasteiger partial charge < -0.3 is 10.2 Å². The van der Waals surface area contributed by atoms with E-state index in [1.165, 1.54) is 6.07 Å². The fraction of sp³-hybridized carbons (Fsp3) is 0.357. The maximum absolute atomic E-state index is 10.7. The number of nitrogens with one attached hydrogen (secondary N) is 1. The number of pyridine rings is 1. The van der Waals surface area contributed by atoms with Gasteiger partial charge in [-0.25, -0.2) is 4.98 Å². The van der Waals surface area contributed by atoms with Crippen LogP contribution in [0, 0.1) is 10.1 Å². The van der Waals surface area contributed by atoms with Gasteiger partial charge in [0.15, 0.2) is 0 Å². The highest BCUT2D eigenvalue weighted by Crippen LogP contribution is 2.22. The number of fused-ring (bicyclic) bond motifs is 1. The third-order valence-corrected chi connectivity index (χ3v) is 3.18. The first kappa shape index (κ1) is 14.2. The summed E-state index contributed by atoms with van der Waals surface area (Å²) in [6.45, 7) is 1.87. The first-order chi connectivity index (χ1) is 9.61. The van der Waals surface area contributed by atoms with Crippen LogP contribution in [0.15, 0.2) is 30.3 Å². The van der Waals surface area contributed by atoms with Crippen LogP contribution in [-0.4, -0.2) is 37.1 Å². The smallest absolute Gasteiger partial charge is 0.270 e. The largest absolute Gasteiger partial charge is 0.360 e.